The number of ketones is 1. The number of carbonyl (C=O) groups is 2. The molecule has 2 aromatic rings. The summed E-state index contributed by atoms with van der Waals surface area (Å²) in [6.07, 6.45) is 4.47. The maximum absolute atomic E-state index is 15.2. The molecule has 2 aliphatic carbocycles. The van der Waals surface area contributed by atoms with Gasteiger partial charge in [0.05, 0.1) is 6.04 Å². The van der Waals surface area contributed by atoms with E-state index in [1.54, 1.807) is 4.90 Å². The van der Waals surface area contributed by atoms with Gasteiger partial charge in [0.1, 0.15) is 17.3 Å². The van der Waals surface area contributed by atoms with Crippen LogP contribution >= 0.6 is 0 Å². The topological polar surface area (TPSA) is 50.3 Å². The molecule has 1 unspecified atom stereocenters. The summed E-state index contributed by atoms with van der Waals surface area (Å²) >= 11 is 0. The number of pyridine rings is 1. The molecular formula is C22H19F3N2O2. The lowest BCUT2D eigenvalue weighted by Gasteiger charge is -2.52. The largest absolute Gasteiger partial charge is 0.329 e. The van der Waals surface area contributed by atoms with Crippen molar-refractivity contribution < 1.29 is 22.8 Å². The van der Waals surface area contributed by atoms with Crippen molar-refractivity contribution in [3.63, 3.8) is 0 Å². The normalized spacial score (nSPS) is 25.7. The van der Waals surface area contributed by atoms with Crippen LogP contribution in [0.4, 0.5) is 13.2 Å². The monoisotopic (exact) mass is 400 g/mol. The third-order valence-corrected chi connectivity index (χ3v) is 6.27. The van der Waals surface area contributed by atoms with E-state index in [4.69, 9.17) is 0 Å². The fourth-order valence-electron chi connectivity index (χ4n) is 4.53. The third kappa shape index (κ3) is 3.12. The fraction of sp³-hybridized carbons (Fsp3) is 0.409. The number of aromatic nitrogens is 1. The molecule has 2 bridgehead atoms. The summed E-state index contributed by atoms with van der Waals surface area (Å²) in [7, 11) is 0. The molecule has 4 aliphatic rings. The highest BCUT2D eigenvalue weighted by Crippen LogP contribution is 2.44. The third-order valence-electron chi connectivity index (χ3n) is 6.27. The molecule has 1 amide bonds. The number of benzene rings is 1. The van der Waals surface area contributed by atoms with Crippen LogP contribution in [0.15, 0.2) is 30.5 Å². The molecule has 2 aliphatic heterocycles. The van der Waals surface area contributed by atoms with Crippen molar-refractivity contribution in [2.45, 2.75) is 44.2 Å². The van der Waals surface area contributed by atoms with E-state index in [0.717, 1.165) is 25.0 Å². The number of hydrogen-bond donors (Lipinski definition) is 0. The van der Waals surface area contributed by atoms with Crippen LogP contribution in [-0.2, 0) is 16.0 Å². The Balaban J connectivity index is 1.48. The molecule has 7 heteroatoms. The molecule has 1 aromatic heterocycles. The standard InChI is InChI=1S/C22H19F3N2O2/c23-15-5-13(6-16(24)10-15)20-19(25)12(3-4-26-20)9-18-21(28)14-7-17(8-14)27(18)22(29)11-1-2-11/h3-6,10-11,14,17-18H,1-2,7-9H2. The van der Waals surface area contributed by atoms with Crippen molar-refractivity contribution in [3.8, 4) is 11.3 Å². The lowest BCUT2D eigenvalue weighted by molar-refractivity contribution is -0.160. The van der Waals surface area contributed by atoms with Crippen LogP contribution in [-0.4, -0.2) is 33.7 Å². The van der Waals surface area contributed by atoms with E-state index in [9.17, 15) is 18.4 Å². The molecule has 3 heterocycles. The van der Waals surface area contributed by atoms with Gasteiger partial charge in [-0.1, -0.05) is 0 Å². The summed E-state index contributed by atoms with van der Waals surface area (Å²) in [5, 5.41) is 0. The molecule has 4 nitrogen and oxygen atoms in total. The van der Waals surface area contributed by atoms with Gasteiger partial charge >= 0.3 is 0 Å². The fourth-order valence-corrected chi connectivity index (χ4v) is 4.53. The molecule has 4 fully saturated rings. The number of Topliss-reactive ketones (excluding diaryl/α,β-unsaturated/α-hetero) is 1. The van der Waals surface area contributed by atoms with Gasteiger partial charge < -0.3 is 4.90 Å². The van der Waals surface area contributed by atoms with Crippen molar-refractivity contribution >= 4 is 11.7 Å². The van der Waals surface area contributed by atoms with Gasteiger partial charge in [-0.3, -0.25) is 14.6 Å². The predicted molar refractivity (Wildman–Crippen MR) is 98.1 cm³/mol. The molecule has 6 rings (SSSR count). The Bertz CT molecular complexity index is 995. The lowest BCUT2D eigenvalue weighted by atomic mass is 9.68. The summed E-state index contributed by atoms with van der Waals surface area (Å²) < 4.78 is 42.3. The number of carbonyl (C=O) groups excluding carboxylic acids is 2. The van der Waals surface area contributed by atoms with E-state index in [-0.39, 0.29) is 52.8 Å². The number of nitrogens with zero attached hydrogens (tertiary/aromatic N) is 2. The number of piperidine rings is 2. The van der Waals surface area contributed by atoms with Gasteiger partial charge in [0.15, 0.2) is 11.6 Å². The molecule has 0 radical (unpaired) electrons. The summed E-state index contributed by atoms with van der Waals surface area (Å²) in [6, 6.07) is 3.57. The van der Waals surface area contributed by atoms with Gasteiger partial charge in [-0.2, -0.15) is 0 Å². The Morgan fingerprint density at radius 3 is 2.45 bits per heavy atom. The van der Waals surface area contributed by atoms with Gasteiger partial charge in [0.25, 0.3) is 0 Å². The second-order valence-electron chi connectivity index (χ2n) is 8.26. The first kappa shape index (κ1) is 18.3. The molecule has 2 saturated carbocycles. The smallest absolute Gasteiger partial charge is 0.226 e. The zero-order valence-electron chi connectivity index (χ0n) is 15.6. The molecular weight excluding hydrogens is 381 g/mol. The van der Waals surface area contributed by atoms with Crippen LogP contribution in [0.3, 0.4) is 0 Å². The second-order valence-corrected chi connectivity index (χ2v) is 8.26. The van der Waals surface area contributed by atoms with Crippen LogP contribution in [0.2, 0.25) is 0 Å². The highest BCUT2D eigenvalue weighted by atomic mass is 19.1. The quantitative estimate of drug-likeness (QED) is 0.787. The molecule has 0 spiro atoms. The Morgan fingerprint density at radius 1 is 1.10 bits per heavy atom. The van der Waals surface area contributed by atoms with E-state index >= 15 is 4.39 Å². The lowest BCUT2D eigenvalue weighted by Crippen LogP contribution is -2.65. The van der Waals surface area contributed by atoms with Gasteiger partial charge in [0.2, 0.25) is 5.91 Å². The Labute approximate surface area is 165 Å². The molecule has 150 valence electrons. The van der Waals surface area contributed by atoms with E-state index in [1.807, 2.05) is 0 Å². The Morgan fingerprint density at radius 2 is 1.79 bits per heavy atom. The minimum atomic E-state index is -0.824. The number of amides is 1. The van der Waals surface area contributed by atoms with E-state index < -0.39 is 23.5 Å². The second kappa shape index (κ2) is 6.68. The first-order valence-corrected chi connectivity index (χ1v) is 9.88. The van der Waals surface area contributed by atoms with Crippen LogP contribution in [0.25, 0.3) is 11.3 Å². The Kier molecular flexibility index (Phi) is 4.22. The number of fused-ring (bicyclic) bond motifs is 2. The summed E-state index contributed by atoms with van der Waals surface area (Å²) in [4.78, 5) is 31.3. The van der Waals surface area contributed by atoms with Crippen molar-refractivity contribution in [1.29, 1.82) is 0 Å². The predicted octanol–water partition coefficient (Wildman–Crippen LogP) is 3.68. The Hall–Kier alpha value is -2.70. The van der Waals surface area contributed by atoms with Crippen LogP contribution in [0, 0.1) is 29.3 Å². The SMILES string of the molecule is O=C1C2CC(C2)N(C(=O)C2CC2)C1Cc1ccnc(-c2cc(F)cc(F)c2)c1F. The highest BCUT2D eigenvalue weighted by Gasteiger charge is 2.53. The molecule has 0 N–H and O–H groups in total. The van der Waals surface area contributed by atoms with E-state index in [1.165, 1.54) is 12.3 Å². The number of halogens is 3. The van der Waals surface area contributed by atoms with E-state index in [2.05, 4.69) is 4.98 Å². The summed E-state index contributed by atoms with van der Waals surface area (Å²) in [6.45, 7) is 0. The number of rotatable bonds is 4. The van der Waals surface area contributed by atoms with Crippen molar-refractivity contribution in [1.82, 2.24) is 9.88 Å². The maximum Gasteiger partial charge on any atom is 0.226 e. The maximum atomic E-state index is 15.2. The van der Waals surface area contributed by atoms with Crippen molar-refractivity contribution in [2.75, 3.05) is 0 Å². The first-order valence-electron chi connectivity index (χ1n) is 9.88. The van der Waals surface area contributed by atoms with Crippen LogP contribution < -0.4 is 0 Å². The van der Waals surface area contributed by atoms with E-state index in [0.29, 0.717) is 18.9 Å². The summed E-state index contributed by atoms with van der Waals surface area (Å²) in [5.41, 5.74) is 0.0351. The van der Waals surface area contributed by atoms with Crippen molar-refractivity contribution in [2.24, 2.45) is 11.8 Å². The molecule has 1 aromatic carbocycles. The zero-order valence-corrected chi connectivity index (χ0v) is 15.6. The van der Waals surface area contributed by atoms with Gasteiger partial charge in [-0.15, -0.1) is 0 Å². The molecule has 29 heavy (non-hydrogen) atoms. The molecule has 2 saturated heterocycles. The van der Waals surface area contributed by atoms with Crippen LogP contribution in [0.1, 0.15) is 31.2 Å². The van der Waals surface area contributed by atoms with Crippen molar-refractivity contribution in [3.05, 3.63) is 53.5 Å². The van der Waals surface area contributed by atoms with Gasteiger partial charge in [0, 0.05) is 42.1 Å². The average Bonchev–Trinajstić information content (AvgIpc) is 3.47. The summed E-state index contributed by atoms with van der Waals surface area (Å²) in [5.74, 6) is -2.47. The minimum Gasteiger partial charge on any atom is -0.329 e. The van der Waals surface area contributed by atoms with Gasteiger partial charge in [-0.05, 0) is 49.4 Å². The minimum absolute atomic E-state index is 0.00612. The molecule has 1 atom stereocenters. The number of hydrogen-bond acceptors (Lipinski definition) is 3. The van der Waals surface area contributed by atoms with Gasteiger partial charge in [-0.25, -0.2) is 13.2 Å². The van der Waals surface area contributed by atoms with Crippen LogP contribution in [0.5, 0.6) is 0 Å². The first-order chi connectivity index (χ1) is 13.9. The highest BCUT2D eigenvalue weighted by molar-refractivity contribution is 5.95. The zero-order chi connectivity index (χ0) is 20.3. The average molecular weight is 400 g/mol.